The van der Waals surface area contributed by atoms with Crippen LogP contribution in [0.3, 0.4) is 0 Å². The molecule has 2 aliphatic rings. The molecule has 232 valence electrons. The fourth-order valence-corrected chi connectivity index (χ4v) is 5.26. The van der Waals surface area contributed by atoms with E-state index >= 15 is 0 Å². The minimum absolute atomic E-state index is 0.0297. The number of anilines is 3. The van der Waals surface area contributed by atoms with Crippen molar-refractivity contribution < 1.29 is 38.3 Å². The van der Waals surface area contributed by atoms with Crippen molar-refractivity contribution in [1.29, 1.82) is 0 Å². The third-order valence-corrected chi connectivity index (χ3v) is 7.66. The van der Waals surface area contributed by atoms with Crippen LogP contribution in [0.5, 0.6) is 5.88 Å². The molecule has 2 unspecified atom stereocenters. The highest BCUT2D eigenvalue weighted by atomic mass is 16.5. The number of nitrogens with one attached hydrogen (secondary N) is 1. The summed E-state index contributed by atoms with van der Waals surface area (Å²) in [4.78, 5) is 63.1. The molecule has 7 rings (SSSR count). The number of amides is 4. The van der Waals surface area contributed by atoms with Gasteiger partial charge in [-0.25, -0.2) is 19.5 Å². The second-order valence-electron chi connectivity index (χ2n) is 10.6. The van der Waals surface area contributed by atoms with E-state index in [2.05, 4.69) is 25.5 Å². The van der Waals surface area contributed by atoms with Crippen LogP contribution in [0.4, 0.5) is 17.3 Å². The molecule has 0 bridgehead atoms. The topological polar surface area (TPSA) is 195 Å². The van der Waals surface area contributed by atoms with Crippen molar-refractivity contribution in [3.63, 3.8) is 0 Å². The zero-order valence-electron chi connectivity index (χ0n) is 24.3. The van der Waals surface area contributed by atoms with Crippen LogP contribution in [-0.4, -0.2) is 85.6 Å². The zero-order chi connectivity index (χ0) is 32.2. The molecular weight excluding hydrogens is 600 g/mol. The molecule has 46 heavy (non-hydrogen) atoms. The summed E-state index contributed by atoms with van der Waals surface area (Å²) >= 11 is 0. The van der Waals surface area contributed by atoms with Crippen molar-refractivity contribution in [3.05, 3.63) is 78.2 Å². The first kappa shape index (κ1) is 28.8. The van der Waals surface area contributed by atoms with Gasteiger partial charge in [0.2, 0.25) is 11.7 Å². The van der Waals surface area contributed by atoms with Crippen molar-refractivity contribution in [1.82, 2.24) is 24.9 Å². The summed E-state index contributed by atoms with van der Waals surface area (Å²) in [6.07, 6.45) is 2.89. The van der Waals surface area contributed by atoms with Gasteiger partial charge in [-0.05, 0) is 25.1 Å². The Labute approximate surface area is 259 Å². The van der Waals surface area contributed by atoms with Crippen molar-refractivity contribution in [2.45, 2.75) is 18.6 Å². The molecule has 1 fully saturated rings. The number of pyridine rings is 2. The first-order valence-electron chi connectivity index (χ1n) is 13.9. The number of aromatic nitrogens is 5. The fraction of sp³-hybridized carbons (Fsp3) is 0.200. The van der Waals surface area contributed by atoms with Crippen LogP contribution in [0.2, 0.25) is 0 Å². The minimum atomic E-state index is -2.32. The average Bonchev–Trinajstić information content (AvgIpc) is 3.78. The molecule has 0 saturated carbocycles. The lowest BCUT2D eigenvalue weighted by Gasteiger charge is -2.37. The molecule has 4 aromatic heterocycles. The Morgan fingerprint density at radius 1 is 1.09 bits per heavy atom. The number of nitrogens with zero attached hydrogens (tertiary/aromatic N) is 7. The number of hydrogen-bond acceptors (Lipinski definition) is 12. The predicted molar refractivity (Wildman–Crippen MR) is 159 cm³/mol. The van der Waals surface area contributed by atoms with E-state index < -0.39 is 35.3 Å². The third kappa shape index (κ3) is 4.63. The highest BCUT2D eigenvalue weighted by molar-refractivity contribution is 6.35. The van der Waals surface area contributed by atoms with E-state index in [1.165, 1.54) is 41.1 Å². The molecule has 2 N–H and O–H groups in total. The lowest BCUT2D eigenvalue weighted by Crippen LogP contribution is -2.61. The van der Waals surface area contributed by atoms with Gasteiger partial charge >= 0.3 is 0 Å². The molecule has 2 atom stereocenters. The van der Waals surface area contributed by atoms with Crippen molar-refractivity contribution in [2.75, 3.05) is 35.4 Å². The first-order valence-corrected chi connectivity index (χ1v) is 13.9. The molecule has 5 aromatic rings. The van der Waals surface area contributed by atoms with E-state index in [0.717, 1.165) is 11.8 Å². The predicted octanol–water partition coefficient (Wildman–Crippen LogP) is 1.73. The summed E-state index contributed by atoms with van der Waals surface area (Å²) in [6.45, 7) is 1.34. The molecular formula is C30H24N8O8. The van der Waals surface area contributed by atoms with Gasteiger partial charge in [0.1, 0.15) is 0 Å². The number of methoxy groups -OCH3 is 1. The Morgan fingerprint density at radius 2 is 1.85 bits per heavy atom. The van der Waals surface area contributed by atoms with E-state index in [-0.39, 0.29) is 46.9 Å². The highest BCUT2D eigenvalue weighted by Gasteiger charge is 2.49. The lowest BCUT2D eigenvalue weighted by atomic mass is 9.95. The molecule has 2 aliphatic heterocycles. The summed E-state index contributed by atoms with van der Waals surface area (Å²) in [5, 5.41) is 22.1. The molecule has 0 aliphatic carbocycles. The molecule has 1 saturated heterocycles. The number of rotatable bonds is 7. The second-order valence-corrected chi connectivity index (χ2v) is 10.6. The van der Waals surface area contributed by atoms with Crippen molar-refractivity contribution >= 4 is 52.1 Å². The smallest absolute Gasteiger partial charge is 0.267 e. The number of fused-ring (bicyclic) bond motifs is 2. The monoisotopic (exact) mass is 624 g/mol. The van der Waals surface area contributed by atoms with Gasteiger partial charge in [-0.1, -0.05) is 17.3 Å². The zero-order valence-corrected chi connectivity index (χ0v) is 24.3. The number of morpholine rings is 1. The van der Waals surface area contributed by atoms with Gasteiger partial charge in [0.05, 0.1) is 49.0 Å². The van der Waals surface area contributed by atoms with Gasteiger partial charge < -0.3 is 24.4 Å². The van der Waals surface area contributed by atoms with Gasteiger partial charge in [-0.2, -0.15) is 0 Å². The normalized spacial score (nSPS) is 17.7. The maximum Gasteiger partial charge on any atom is 0.267 e. The molecule has 16 heteroatoms. The largest absolute Gasteiger partial charge is 0.481 e. The fourth-order valence-electron chi connectivity index (χ4n) is 5.26. The van der Waals surface area contributed by atoms with Crippen molar-refractivity contribution in [2.24, 2.45) is 0 Å². The van der Waals surface area contributed by atoms with E-state index in [0.29, 0.717) is 17.4 Å². The summed E-state index contributed by atoms with van der Waals surface area (Å²) < 4.78 is 17.6. The number of ether oxygens (including phenoxy) is 2. The second kappa shape index (κ2) is 10.9. The Kier molecular flexibility index (Phi) is 6.79. The SMILES string of the molecule is COc1cc(-n2ccc(N3CCOC(C(C)(O)C(=O)Nc4cnc5c(N6C(=O)c7ccccc7C6=O)noc5c4)C3=O)n2)ccn1. The molecule has 0 radical (unpaired) electrons. The Balaban J connectivity index is 1.07. The van der Waals surface area contributed by atoms with Crippen LogP contribution in [0.1, 0.15) is 27.6 Å². The van der Waals surface area contributed by atoms with Gasteiger partial charge in [0.25, 0.3) is 23.6 Å². The number of benzene rings is 1. The van der Waals surface area contributed by atoms with Gasteiger partial charge in [-0.15, -0.1) is 5.10 Å². The standard InChI is InChI=1S/C30H24N8O8/c1-30(43,24-28(41)36(11-12-45-24)21-8-10-37(34-21)17-7-9-31-22(14-17)44-2)29(42)33-16-13-20-23(32-15-16)25(35-46-20)38-26(39)18-5-3-4-6-19(18)27(38)40/h3-10,13-15,24,43H,11-12H2,1-2H3,(H,33,42). The number of aliphatic hydroxyl groups is 1. The maximum absolute atomic E-state index is 13.5. The van der Waals surface area contributed by atoms with Gasteiger partial charge in [-0.3, -0.25) is 24.1 Å². The van der Waals surface area contributed by atoms with E-state index in [1.54, 1.807) is 42.7 Å². The number of carbonyl (C=O) groups is 4. The molecule has 6 heterocycles. The molecule has 1 aromatic carbocycles. The maximum atomic E-state index is 13.5. The quantitative estimate of drug-likeness (QED) is 0.249. The number of imide groups is 1. The van der Waals surface area contributed by atoms with Crippen LogP contribution >= 0.6 is 0 Å². The van der Waals surface area contributed by atoms with Crippen LogP contribution in [-0.2, 0) is 14.3 Å². The Bertz CT molecular complexity index is 2020. The number of hydrogen-bond donors (Lipinski definition) is 2. The van der Waals surface area contributed by atoms with E-state index in [4.69, 9.17) is 14.0 Å². The third-order valence-electron chi connectivity index (χ3n) is 7.66. The van der Waals surface area contributed by atoms with Crippen LogP contribution in [0.15, 0.2) is 71.6 Å². The molecule has 16 nitrogen and oxygen atoms in total. The van der Waals surface area contributed by atoms with Crippen LogP contribution in [0, 0.1) is 0 Å². The minimum Gasteiger partial charge on any atom is -0.481 e. The lowest BCUT2D eigenvalue weighted by molar-refractivity contribution is -0.165. The van der Waals surface area contributed by atoms with Gasteiger partial charge in [0.15, 0.2) is 28.6 Å². The highest BCUT2D eigenvalue weighted by Crippen LogP contribution is 2.33. The average molecular weight is 625 g/mol. The van der Waals surface area contributed by atoms with Gasteiger partial charge in [0, 0.05) is 30.6 Å². The van der Waals surface area contributed by atoms with Crippen LogP contribution in [0.25, 0.3) is 16.8 Å². The van der Waals surface area contributed by atoms with Crippen molar-refractivity contribution in [3.8, 4) is 11.6 Å². The summed E-state index contributed by atoms with van der Waals surface area (Å²) in [5.41, 5.74) is -0.957. The molecule has 4 amide bonds. The summed E-state index contributed by atoms with van der Waals surface area (Å²) in [5.74, 6) is -2.18. The molecule has 0 spiro atoms. The summed E-state index contributed by atoms with van der Waals surface area (Å²) in [6, 6.07) is 12.7. The first-order chi connectivity index (χ1) is 22.2. The number of carbonyl (C=O) groups excluding carboxylic acids is 4. The Hall–Kier alpha value is -6.00. The van der Waals surface area contributed by atoms with E-state index in [1.807, 2.05) is 0 Å². The van der Waals surface area contributed by atoms with Crippen LogP contribution < -0.4 is 19.9 Å². The van der Waals surface area contributed by atoms with E-state index in [9.17, 15) is 24.3 Å². The summed E-state index contributed by atoms with van der Waals surface area (Å²) in [7, 11) is 1.50. The Morgan fingerprint density at radius 3 is 2.59 bits per heavy atom.